The molecule has 0 amide bonds. The van der Waals surface area contributed by atoms with E-state index in [1.54, 1.807) is 19.1 Å². The van der Waals surface area contributed by atoms with Gasteiger partial charge in [-0.2, -0.15) is 4.98 Å². The van der Waals surface area contributed by atoms with Crippen LogP contribution in [-0.4, -0.2) is 35.9 Å². The Morgan fingerprint density at radius 1 is 1.45 bits per heavy atom. The fourth-order valence-electron chi connectivity index (χ4n) is 1.64. The monoisotopic (exact) mass is 294 g/mol. The fraction of sp³-hybridized carbons (Fsp3) is 0.308. The van der Waals surface area contributed by atoms with Crippen molar-refractivity contribution in [3.8, 4) is 17.3 Å². The second kappa shape index (κ2) is 6.42. The van der Waals surface area contributed by atoms with Gasteiger partial charge in [-0.25, -0.2) is 9.78 Å². The molecule has 0 saturated heterocycles. The molecular weight excluding hydrogens is 280 g/mol. The van der Waals surface area contributed by atoms with E-state index in [1.165, 1.54) is 25.1 Å². The van der Waals surface area contributed by atoms with Crippen LogP contribution >= 0.6 is 11.8 Å². The topological polar surface area (TPSA) is 74.5 Å². The number of carbonyl (C=O) groups excluding carboxylic acids is 1. The number of carbonyl (C=O) groups is 1. The van der Waals surface area contributed by atoms with Gasteiger partial charge in [0.2, 0.25) is 5.88 Å². The molecule has 0 fully saturated rings. The van der Waals surface area contributed by atoms with Gasteiger partial charge in [-0.15, -0.1) is 0 Å². The number of hydrogen-bond donors (Lipinski definition) is 0. The van der Waals surface area contributed by atoms with Crippen molar-refractivity contribution in [3.05, 3.63) is 24.0 Å². The highest BCUT2D eigenvalue weighted by Crippen LogP contribution is 2.30. The Bertz CT molecular complexity index is 599. The summed E-state index contributed by atoms with van der Waals surface area (Å²) in [5, 5.41) is 0.487. The standard InChI is InChI=1S/C13H14N2O4S/c1-4-18-12(16)9-10(8-6-5-7-19-8)14-13(20-3)15-11(9)17-2/h5-7H,4H2,1-3H3. The Morgan fingerprint density at radius 3 is 2.80 bits per heavy atom. The maximum Gasteiger partial charge on any atom is 0.346 e. The van der Waals surface area contributed by atoms with Crippen LogP contribution in [0.15, 0.2) is 28.0 Å². The summed E-state index contributed by atoms with van der Waals surface area (Å²) in [6, 6.07) is 3.44. The predicted octanol–water partition coefficient (Wildman–Crippen LogP) is 2.64. The molecule has 0 unspecified atom stereocenters. The normalized spacial score (nSPS) is 10.3. The molecule has 106 valence electrons. The summed E-state index contributed by atoms with van der Waals surface area (Å²) in [4.78, 5) is 20.6. The lowest BCUT2D eigenvalue weighted by Gasteiger charge is -2.11. The molecule has 20 heavy (non-hydrogen) atoms. The number of aromatic nitrogens is 2. The van der Waals surface area contributed by atoms with Crippen molar-refractivity contribution in [3.63, 3.8) is 0 Å². The SMILES string of the molecule is CCOC(=O)c1c(OC)nc(SC)nc1-c1ccco1. The average Bonchev–Trinajstić information content (AvgIpc) is 3.00. The van der Waals surface area contributed by atoms with E-state index in [0.29, 0.717) is 16.6 Å². The molecule has 0 aromatic carbocycles. The summed E-state index contributed by atoms with van der Waals surface area (Å²) in [5.74, 6) is 0.0988. The lowest BCUT2D eigenvalue weighted by molar-refractivity contribution is 0.0521. The summed E-state index contributed by atoms with van der Waals surface area (Å²) in [7, 11) is 1.45. The minimum atomic E-state index is -0.539. The molecule has 2 rings (SSSR count). The molecule has 0 aliphatic heterocycles. The van der Waals surface area contributed by atoms with Crippen molar-refractivity contribution in [2.24, 2.45) is 0 Å². The van der Waals surface area contributed by atoms with Gasteiger partial charge in [0.1, 0.15) is 5.69 Å². The Balaban J connectivity index is 2.64. The van der Waals surface area contributed by atoms with Gasteiger partial charge < -0.3 is 13.9 Å². The molecule has 0 spiro atoms. The predicted molar refractivity (Wildman–Crippen MR) is 74.0 cm³/mol. The second-order valence-corrected chi connectivity index (χ2v) is 4.41. The number of thioether (sulfide) groups is 1. The lowest BCUT2D eigenvalue weighted by atomic mass is 10.2. The van der Waals surface area contributed by atoms with E-state index in [1.807, 2.05) is 6.26 Å². The molecule has 0 bridgehead atoms. The van der Waals surface area contributed by atoms with Crippen LogP contribution in [-0.2, 0) is 4.74 Å². The zero-order valence-electron chi connectivity index (χ0n) is 11.4. The molecule has 0 N–H and O–H groups in total. The average molecular weight is 294 g/mol. The minimum Gasteiger partial charge on any atom is -0.480 e. The molecule has 0 atom stereocenters. The van der Waals surface area contributed by atoms with Gasteiger partial charge in [-0.05, 0) is 25.3 Å². The van der Waals surface area contributed by atoms with Crippen molar-refractivity contribution in [2.45, 2.75) is 12.1 Å². The first-order chi connectivity index (χ1) is 9.71. The third kappa shape index (κ3) is 2.77. The highest BCUT2D eigenvalue weighted by Gasteiger charge is 2.25. The van der Waals surface area contributed by atoms with Crippen molar-refractivity contribution >= 4 is 17.7 Å². The van der Waals surface area contributed by atoms with Crippen molar-refractivity contribution in [2.75, 3.05) is 20.0 Å². The van der Waals surface area contributed by atoms with Gasteiger partial charge in [0.25, 0.3) is 0 Å². The van der Waals surface area contributed by atoms with Crippen molar-refractivity contribution in [1.29, 1.82) is 0 Å². The van der Waals surface area contributed by atoms with Crippen LogP contribution in [0.1, 0.15) is 17.3 Å². The summed E-state index contributed by atoms with van der Waals surface area (Å²) in [6.07, 6.45) is 3.35. The molecule has 7 heteroatoms. The minimum absolute atomic E-state index is 0.169. The molecule has 2 aromatic heterocycles. The number of methoxy groups -OCH3 is 1. The number of nitrogens with zero attached hydrogens (tertiary/aromatic N) is 2. The van der Waals surface area contributed by atoms with Gasteiger partial charge >= 0.3 is 5.97 Å². The van der Waals surface area contributed by atoms with E-state index >= 15 is 0 Å². The van der Waals surface area contributed by atoms with E-state index in [9.17, 15) is 4.79 Å². The van der Waals surface area contributed by atoms with Gasteiger partial charge in [0.05, 0.1) is 20.0 Å². The fourth-order valence-corrected chi connectivity index (χ4v) is 2.00. The number of rotatable bonds is 5. The van der Waals surface area contributed by atoms with Crippen LogP contribution in [0.25, 0.3) is 11.5 Å². The van der Waals surface area contributed by atoms with Crippen molar-refractivity contribution in [1.82, 2.24) is 9.97 Å². The highest BCUT2D eigenvalue weighted by molar-refractivity contribution is 7.98. The summed E-state index contributed by atoms with van der Waals surface area (Å²) < 4.78 is 15.5. The zero-order chi connectivity index (χ0) is 14.5. The van der Waals surface area contributed by atoms with Crippen LogP contribution < -0.4 is 4.74 Å². The maximum atomic E-state index is 12.1. The number of furan rings is 1. The summed E-state index contributed by atoms with van der Waals surface area (Å²) in [6.45, 7) is 1.98. The third-order valence-corrected chi connectivity index (χ3v) is 3.01. The molecule has 0 aliphatic rings. The Kier molecular flexibility index (Phi) is 4.62. The second-order valence-electron chi connectivity index (χ2n) is 3.64. The van der Waals surface area contributed by atoms with E-state index < -0.39 is 5.97 Å². The zero-order valence-corrected chi connectivity index (χ0v) is 12.2. The number of hydrogen-bond acceptors (Lipinski definition) is 7. The van der Waals surface area contributed by atoms with E-state index in [-0.39, 0.29) is 18.1 Å². The van der Waals surface area contributed by atoms with Crippen LogP contribution in [0.5, 0.6) is 5.88 Å². The van der Waals surface area contributed by atoms with Gasteiger partial charge in [0, 0.05) is 0 Å². The Hall–Kier alpha value is -2.02. The first-order valence-electron chi connectivity index (χ1n) is 5.92. The molecule has 0 radical (unpaired) electrons. The van der Waals surface area contributed by atoms with Gasteiger partial charge in [-0.3, -0.25) is 0 Å². The van der Waals surface area contributed by atoms with Crippen LogP contribution in [0.3, 0.4) is 0 Å². The van der Waals surface area contributed by atoms with Crippen molar-refractivity contribution < 1.29 is 18.7 Å². The van der Waals surface area contributed by atoms with Crippen LogP contribution in [0, 0.1) is 0 Å². The summed E-state index contributed by atoms with van der Waals surface area (Å²) >= 11 is 1.35. The molecule has 2 aromatic rings. The number of ether oxygens (including phenoxy) is 2. The molecule has 6 nitrogen and oxygen atoms in total. The quantitative estimate of drug-likeness (QED) is 0.476. The number of esters is 1. The largest absolute Gasteiger partial charge is 0.480 e. The third-order valence-electron chi connectivity index (χ3n) is 2.47. The molecule has 2 heterocycles. The smallest absolute Gasteiger partial charge is 0.346 e. The van der Waals surface area contributed by atoms with Crippen LogP contribution in [0.4, 0.5) is 0 Å². The maximum absolute atomic E-state index is 12.1. The van der Waals surface area contributed by atoms with Crippen LogP contribution in [0.2, 0.25) is 0 Å². The van der Waals surface area contributed by atoms with E-state index in [0.717, 1.165) is 0 Å². The Labute approximate surface area is 120 Å². The first-order valence-corrected chi connectivity index (χ1v) is 7.14. The summed E-state index contributed by atoms with van der Waals surface area (Å²) in [5.41, 5.74) is 0.534. The Morgan fingerprint density at radius 2 is 2.25 bits per heavy atom. The van der Waals surface area contributed by atoms with Gasteiger partial charge in [0.15, 0.2) is 16.5 Å². The highest BCUT2D eigenvalue weighted by atomic mass is 32.2. The van der Waals surface area contributed by atoms with E-state index in [2.05, 4.69) is 9.97 Å². The first kappa shape index (κ1) is 14.4. The molecule has 0 aliphatic carbocycles. The molecule has 0 saturated carbocycles. The van der Waals surface area contributed by atoms with Gasteiger partial charge in [-0.1, -0.05) is 11.8 Å². The molecular formula is C13H14N2O4S. The van der Waals surface area contributed by atoms with E-state index in [4.69, 9.17) is 13.9 Å². The lowest BCUT2D eigenvalue weighted by Crippen LogP contribution is -2.12.